The molecule has 0 aliphatic heterocycles. The van der Waals surface area contributed by atoms with Crippen molar-refractivity contribution in [1.29, 1.82) is 0 Å². The highest BCUT2D eigenvalue weighted by Crippen LogP contribution is 2.27. The number of hydrogen-bond acceptors (Lipinski definition) is 2. The van der Waals surface area contributed by atoms with E-state index < -0.39 is 10.8 Å². The Labute approximate surface area is 119 Å². The fourth-order valence-electron chi connectivity index (χ4n) is 2.84. The molecule has 3 atom stereocenters. The minimum atomic E-state index is -0.853. The van der Waals surface area contributed by atoms with Crippen molar-refractivity contribution in [1.82, 2.24) is 5.32 Å². The second-order valence-corrected chi connectivity index (χ2v) is 7.32. The van der Waals surface area contributed by atoms with Crippen LogP contribution in [0.4, 0.5) is 0 Å². The molecule has 0 heterocycles. The molecule has 2 rings (SSSR count). The highest BCUT2D eigenvalue weighted by molar-refractivity contribution is 7.85. The van der Waals surface area contributed by atoms with Crippen molar-refractivity contribution in [3.8, 4) is 0 Å². The molecule has 1 aromatic rings. The van der Waals surface area contributed by atoms with Crippen molar-refractivity contribution in [3.63, 3.8) is 0 Å². The Morgan fingerprint density at radius 3 is 2.74 bits per heavy atom. The van der Waals surface area contributed by atoms with Crippen molar-refractivity contribution in [2.75, 3.05) is 6.54 Å². The Hall–Kier alpha value is -0.670. The predicted molar refractivity (Wildman–Crippen MR) is 82.0 cm³/mol. The topological polar surface area (TPSA) is 29.1 Å². The van der Waals surface area contributed by atoms with E-state index in [-0.39, 0.29) is 0 Å². The minimum Gasteiger partial charge on any atom is -0.314 e. The van der Waals surface area contributed by atoms with Gasteiger partial charge in [-0.15, -0.1) is 0 Å². The summed E-state index contributed by atoms with van der Waals surface area (Å²) >= 11 is 0. The van der Waals surface area contributed by atoms with Crippen LogP contribution < -0.4 is 5.32 Å². The summed E-state index contributed by atoms with van der Waals surface area (Å²) in [4.78, 5) is 1.00. The molecule has 0 spiro atoms. The van der Waals surface area contributed by atoms with Gasteiger partial charge in [0.25, 0.3) is 0 Å². The highest BCUT2D eigenvalue weighted by Gasteiger charge is 2.26. The van der Waals surface area contributed by atoms with Crippen molar-refractivity contribution in [2.45, 2.75) is 62.6 Å². The fraction of sp³-hybridized carbons (Fsp3) is 0.625. The lowest BCUT2D eigenvalue weighted by Crippen LogP contribution is -2.37. The van der Waals surface area contributed by atoms with Crippen molar-refractivity contribution < 1.29 is 4.21 Å². The SMILES string of the molecule is CCNC1CCCC(S(=O)c2ccc(C)c(C)c2)C1. The van der Waals surface area contributed by atoms with Crippen LogP contribution in [0, 0.1) is 13.8 Å². The van der Waals surface area contributed by atoms with Crippen molar-refractivity contribution in [3.05, 3.63) is 29.3 Å². The number of rotatable bonds is 4. The van der Waals surface area contributed by atoms with E-state index in [0.29, 0.717) is 11.3 Å². The van der Waals surface area contributed by atoms with E-state index in [0.717, 1.165) is 24.3 Å². The summed E-state index contributed by atoms with van der Waals surface area (Å²) in [7, 11) is -0.853. The van der Waals surface area contributed by atoms with Gasteiger partial charge in [0, 0.05) is 16.2 Å². The Morgan fingerprint density at radius 2 is 2.05 bits per heavy atom. The van der Waals surface area contributed by atoms with E-state index in [1.807, 2.05) is 6.07 Å². The zero-order valence-electron chi connectivity index (χ0n) is 12.2. The molecule has 0 radical (unpaired) electrons. The Bertz CT molecular complexity index is 456. The maximum Gasteiger partial charge on any atom is 0.0561 e. The van der Waals surface area contributed by atoms with E-state index in [1.165, 1.54) is 24.0 Å². The summed E-state index contributed by atoms with van der Waals surface area (Å²) in [6.07, 6.45) is 4.57. The monoisotopic (exact) mass is 279 g/mol. The van der Waals surface area contributed by atoms with Gasteiger partial charge in [0.05, 0.1) is 10.8 Å². The molecular formula is C16H25NOS. The van der Waals surface area contributed by atoms with Crippen molar-refractivity contribution >= 4 is 10.8 Å². The van der Waals surface area contributed by atoms with Crippen LogP contribution in [-0.4, -0.2) is 22.0 Å². The molecule has 1 saturated carbocycles. The van der Waals surface area contributed by atoms with Crippen LogP contribution in [0.5, 0.6) is 0 Å². The first-order chi connectivity index (χ1) is 9.11. The largest absolute Gasteiger partial charge is 0.314 e. The molecule has 1 N–H and O–H groups in total. The summed E-state index contributed by atoms with van der Waals surface area (Å²) < 4.78 is 12.7. The van der Waals surface area contributed by atoms with Crippen LogP contribution in [0.15, 0.2) is 23.1 Å². The number of nitrogens with one attached hydrogen (secondary N) is 1. The summed E-state index contributed by atoms with van der Waals surface area (Å²) in [6, 6.07) is 6.78. The van der Waals surface area contributed by atoms with E-state index in [1.54, 1.807) is 0 Å². The maximum atomic E-state index is 12.7. The van der Waals surface area contributed by atoms with Gasteiger partial charge in [-0.3, -0.25) is 4.21 Å². The normalized spacial score (nSPS) is 25.2. The molecule has 3 heteroatoms. The first kappa shape index (κ1) is 14.7. The van der Waals surface area contributed by atoms with Gasteiger partial charge >= 0.3 is 0 Å². The summed E-state index contributed by atoms with van der Waals surface area (Å²) in [5, 5.41) is 3.83. The molecule has 106 valence electrons. The van der Waals surface area contributed by atoms with Gasteiger partial charge < -0.3 is 5.32 Å². The Balaban J connectivity index is 2.08. The summed E-state index contributed by atoms with van der Waals surface area (Å²) in [5.74, 6) is 0. The van der Waals surface area contributed by atoms with Crippen LogP contribution >= 0.6 is 0 Å². The standard InChI is InChI=1S/C16H25NOS/c1-4-17-14-6-5-7-15(11-14)19(18)16-9-8-12(2)13(3)10-16/h8-10,14-15,17H,4-7,11H2,1-3H3. The maximum absolute atomic E-state index is 12.7. The van der Waals surface area contributed by atoms with Gasteiger partial charge in [-0.05, 0) is 62.9 Å². The van der Waals surface area contributed by atoms with Crippen LogP contribution in [0.25, 0.3) is 0 Å². The first-order valence-corrected chi connectivity index (χ1v) is 8.54. The van der Waals surface area contributed by atoms with E-state index in [4.69, 9.17) is 0 Å². The molecule has 0 bridgehead atoms. The van der Waals surface area contributed by atoms with Crippen LogP contribution in [-0.2, 0) is 10.8 Å². The second-order valence-electron chi connectivity index (χ2n) is 5.59. The average molecular weight is 279 g/mol. The highest BCUT2D eigenvalue weighted by atomic mass is 32.2. The minimum absolute atomic E-state index is 0.319. The molecule has 0 amide bonds. The van der Waals surface area contributed by atoms with Crippen LogP contribution in [0.2, 0.25) is 0 Å². The smallest absolute Gasteiger partial charge is 0.0561 e. The first-order valence-electron chi connectivity index (χ1n) is 7.33. The molecule has 1 fully saturated rings. The van der Waals surface area contributed by atoms with Crippen molar-refractivity contribution in [2.24, 2.45) is 0 Å². The van der Waals surface area contributed by atoms with Crippen LogP contribution in [0.1, 0.15) is 43.7 Å². The van der Waals surface area contributed by atoms with Gasteiger partial charge in [0.2, 0.25) is 0 Å². The second kappa shape index (κ2) is 6.67. The molecule has 0 aromatic heterocycles. The van der Waals surface area contributed by atoms with Gasteiger partial charge in [0.15, 0.2) is 0 Å². The lowest BCUT2D eigenvalue weighted by atomic mass is 9.95. The van der Waals surface area contributed by atoms with Gasteiger partial charge in [-0.1, -0.05) is 19.4 Å². The van der Waals surface area contributed by atoms with E-state index in [2.05, 4.69) is 38.2 Å². The third-order valence-corrected chi connectivity index (χ3v) is 5.88. The zero-order valence-corrected chi connectivity index (χ0v) is 13.1. The molecule has 1 aliphatic carbocycles. The van der Waals surface area contributed by atoms with E-state index >= 15 is 0 Å². The van der Waals surface area contributed by atoms with Crippen LogP contribution in [0.3, 0.4) is 0 Å². The fourth-order valence-corrected chi connectivity index (χ4v) is 4.51. The number of hydrogen-bond donors (Lipinski definition) is 1. The molecule has 3 unspecified atom stereocenters. The molecule has 1 aliphatic rings. The lowest BCUT2D eigenvalue weighted by Gasteiger charge is -2.29. The molecule has 2 nitrogen and oxygen atoms in total. The third kappa shape index (κ3) is 3.67. The van der Waals surface area contributed by atoms with Gasteiger partial charge in [-0.2, -0.15) is 0 Å². The molecule has 1 aromatic carbocycles. The molecular weight excluding hydrogens is 254 g/mol. The predicted octanol–water partition coefficient (Wildman–Crippen LogP) is 3.33. The average Bonchev–Trinajstić information content (AvgIpc) is 2.42. The Kier molecular flexibility index (Phi) is 5.17. The third-order valence-electron chi connectivity index (χ3n) is 4.13. The molecule has 19 heavy (non-hydrogen) atoms. The zero-order chi connectivity index (χ0) is 13.8. The van der Waals surface area contributed by atoms with Gasteiger partial charge in [0.1, 0.15) is 0 Å². The number of benzene rings is 1. The van der Waals surface area contributed by atoms with Gasteiger partial charge in [-0.25, -0.2) is 0 Å². The summed E-state index contributed by atoms with van der Waals surface area (Å²) in [5.41, 5.74) is 2.51. The van der Waals surface area contributed by atoms with E-state index in [9.17, 15) is 4.21 Å². The lowest BCUT2D eigenvalue weighted by molar-refractivity contribution is 0.383. The quantitative estimate of drug-likeness (QED) is 0.916. The summed E-state index contributed by atoms with van der Waals surface area (Å²) in [6.45, 7) is 7.35. The molecule has 0 saturated heterocycles. The number of aryl methyl sites for hydroxylation is 2. The Morgan fingerprint density at radius 1 is 1.26 bits per heavy atom.